The minimum Gasteiger partial charge on any atom is -0.508 e. The van der Waals surface area contributed by atoms with Crippen molar-refractivity contribution in [3.05, 3.63) is 64.4 Å². The van der Waals surface area contributed by atoms with Gasteiger partial charge in [0.2, 0.25) is 0 Å². The number of aromatic nitrogens is 1. The molecule has 2 heterocycles. The van der Waals surface area contributed by atoms with E-state index in [2.05, 4.69) is 45.7 Å². The fraction of sp³-hybridized carbons (Fsp3) is 0.263. The first-order valence-corrected chi connectivity index (χ1v) is 8.83. The molecule has 0 amide bonds. The van der Waals surface area contributed by atoms with Crippen molar-refractivity contribution < 1.29 is 5.11 Å². The Kier molecular flexibility index (Phi) is 4.71. The van der Waals surface area contributed by atoms with Crippen molar-refractivity contribution in [1.29, 1.82) is 0 Å². The third-order valence-corrected chi connectivity index (χ3v) is 4.78. The van der Waals surface area contributed by atoms with Crippen LogP contribution in [-0.2, 0) is 5.54 Å². The van der Waals surface area contributed by atoms with E-state index in [-0.39, 0.29) is 5.75 Å². The Balaban J connectivity index is 2.22. The molecule has 1 aliphatic heterocycles. The fourth-order valence-corrected chi connectivity index (χ4v) is 3.34. The van der Waals surface area contributed by atoms with Crippen molar-refractivity contribution in [2.75, 3.05) is 18.0 Å². The number of rotatable bonds is 5. The molecule has 2 aromatic rings. The van der Waals surface area contributed by atoms with Gasteiger partial charge in [-0.3, -0.25) is 9.98 Å². The van der Waals surface area contributed by atoms with E-state index in [1.54, 1.807) is 12.3 Å². The number of phenols is 1. The first kappa shape index (κ1) is 16.7. The SMILES string of the molecule is CCN(CC)c1cc(O)ccc1C1(c2ccc(Br)cn2)C=CC=N1. The maximum Gasteiger partial charge on any atom is 0.148 e. The van der Waals surface area contributed by atoms with Gasteiger partial charge in [-0.1, -0.05) is 6.07 Å². The second-order valence-electron chi connectivity index (χ2n) is 5.64. The molecule has 1 aromatic heterocycles. The highest BCUT2D eigenvalue weighted by molar-refractivity contribution is 9.10. The second kappa shape index (κ2) is 6.77. The minimum absolute atomic E-state index is 0.255. The first-order chi connectivity index (χ1) is 11.6. The summed E-state index contributed by atoms with van der Waals surface area (Å²) >= 11 is 3.44. The second-order valence-corrected chi connectivity index (χ2v) is 6.55. The zero-order valence-electron chi connectivity index (χ0n) is 13.8. The van der Waals surface area contributed by atoms with E-state index in [9.17, 15) is 5.11 Å². The normalized spacial score (nSPS) is 19.0. The van der Waals surface area contributed by atoms with Crippen LogP contribution in [0.15, 0.2) is 58.1 Å². The van der Waals surface area contributed by atoms with Crippen LogP contribution < -0.4 is 4.90 Å². The summed E-state index contributed by atoms with van der Waals surface area (Å²) in [6, 6.07) is 9.42. The van der Waals surface area contributed by atoms with Crippen LogP contribution >= 0.6 is 15.9 Å². The lowest BCUT2D eigenvalue weighted by atomic mass is 9.85. The monoisotopic (exact) mass is 385 g/mol. The van der Waals surface area contributed by atoms with Crippen molar-refractivity contribution in [3.8, 4) is 5.75 Å². The number of halogens is 1. The van der Waals surface area contributed by atoms with Crippen LogP contribution in [0.4, 0.5) is 5.69 Å². The number of aliphatic imine (C=N–C) groups is 1. The van der Waals surface area contributed by atoms with Crippen LogP contribution in [0.25, 0.3) is 0 Å². The van der Waals surface area contributed by atoms with Crippen LogP contribution in [0.1, 0.15) is 25.1 Å². The lowest BCUT2D eigenvalue weighted by molar-refractivity contribution is 0.474. The molecule has 0 saturated heterocycles. The van der Waals surface area contributed by atoms with Crippen molar-refractivity contribution in [1.82, 2.24) is 4.98 Å². The van der Waals surface area contributed by atoms with Crippen LogP contribution in [0.5, 0.6) is 5.75 Å². The smallest absolute Gasteiger partial charge is 0.148 e. The average molecular weight is 386 g/mol. The Bertz CT molecular complexity index is 768. The van der Waals surface area contributed by atoms with E-state index in [1.165, 1.54) is 0 Å². The van der Waals surface area contributed by atoms with Gasteiger partial charge in [0.25, 0.3) is 0 Å². The molecule has 0 bridgehead atoms. The summed E-state index contributed by atoms with van der Waals surface area (Å²) in [7, 11) is 0. The van der Waals surface area contributed by atoms with Crippen molar-refractivity contribution in [2.45, 2.75) is 19.4 Å². The molecule has 0 aliphatic carbocycles. The zero-order valence-corrected chi connectivity index (χ0v) is 15.4. The van der Waals surface area contributed by atoms with Gasteiger partial charge in [0.1, 0.15) is 11.3 Å². The molecule has 5 heteroatoms. The number of benzene rings is 1. The molecule has 4 nitrogen and oxygen atoms in total. The van der Waals surface area contributed by atoms with Gasteiger partial charge in [-0.15, -0.1) is 0 Å². The van der Waals surface area contributed by atoms with Crippen molar-refractivity contribution in [2.24, 2.45) is 4.99 Å². The molecule has 0 radical (unpaired) electrons. The summed E-state index contributed by atoms with van der Waals surface area (Å²) < 4.78 is 0.932. The summed E-state index contributed by atoms with van der Waals surface area (Å²) in [5, 5.41) is 10.0. The highest BCUT2D eigenvalue weighted by atomic mass is 79.9. The standard InChI is InChI=1S/C19H20BrN3O/c1-3-23(4-2)17-12-15(24)7-8-16(17)19(10-5-11-22-19)18-9-6-14(20)13-21-18/h5-13,24H,3-4H2,1-2H3. The molecule has 1 aliphatic rings. The Morgan fingerprint density at radius 2 is 1.96 bits per heavy atom. The topological polar surface area (TPSA) is 48.7 Å². The van der Waals surface area contributed by atoms with Gasteiger partial charge in [0, 0.05) is 47.3 Å². The van der Waals surface area contributed by atoms with Crippen LogP contribution in [-0.4, -0.2) is 29.4 Å². The summed E-state index contributed by atoms with van der Waals surface area (Å²) in [6.45, 7) is 5.92. The van der Waals surface area contributed by atoms with E-state index >= 15 is 0 Å². The van der Waals surface area contributed by atoms with Gasteiger partial charge >= 0.3 is 0 Å². The molecule has 124 valence electrons. The van der Waals surface area contributed by atoms with Gasteiger partial charge in [-0.05, 0) is 60.1 Å². The van der Waals surface area contributed by atoms with Crippen LogP contribution in [0.2, 0.25) is 0 Å². The Hall–Kier alpha value is -2.14. The number of allylic oxidation sites excluding steroid dienone is 1. The predicted molar refractivity (Wildman–Crippen MR) is 102 cm³/mol. The van der Waals surface area contributed by atoms with Gasteiger partial charge < -0.3 is 10.0 Å². The molecule has 0 saturated carbocycles. The van der Waals surface area contributed by atoms with Crippen molar-refractivity contribution in [3.63, 3.8) is 0 Å². The third-order valence-electron chi connectivity index (χ3n) is 4.32. The van der Waals surface area contributed by atoms with Gasteiger partial charge in [0.15, 0.2) is 0 Å². The molecule has 0 fully saturated rings. The number of anilines is 1. The largest absolute Gasteiger partial charge is 0.508 e. The van der Waals surface area contributed by atoms with E-state index in [1.807, 2.05) is 36.6 Å². The molecule has 1 unspecified atom stereocenters. The molecular formula is C19H20BrN3O. The Labute approximate surface area is 150 Å². The Morgan fingerprint density at radius 1 is 1.17 bits per heavy atom. The number of phenolic OH excluding ortho intramolecular Hbond substituents is 1. The first-order valence-electron chi connectivity index (χ1n) is 8.04. The quantitative estimate of drug-likeness (QED) is 0.835. The molecule has 3 rings (SSSR count). The van der Waals surface area contributed by atoms with E-state index < -0.39 is 5.54 Å². The number of aromatic hydroxyl groups is 1. The molecule has 0 spiro atoms. The highest BCUT2D eigenvalue weighted by Gasteiger charge is 2.37. The van der Waals surface area contributed by atoms with E-state index in [0.717, 1.165) is 34.5 Å². The Morgan fingerprint density at radius 3 is 2.54 bits per heavy atom. The van der Waals surface area contributed by atoms with Crippen LogP contribution in [0, 0.1) is 0 Å². The molecule has 1 aromatic carbocycles. The highest BCUT2D eigenvalue weighted by Crippen LogP contribution is 2.42. The molecular weight excluding hydrogens is 366 g/mol. The summed E-state index contributed by atoms with van der Waals surface area (Å²) in [4.78, 5) is 11.6. The minimum atomic E-state index is -0.660. The summed E-state index contributed by atoms with van der Waals surface area (Å²) in [5.74, 6) is 0.255. The lowest BCUT2D eigenvalue weighted by Gasteiger charge is -2.31. The third kappa shape index (κ3) is 2.84. The number of hydrogen-bond acceptors (Lipinski definition) is 4. The number of hydrogen-bond donors (Lipinski definition) is 1. The molecule has 1 N–H and O–H groups in total. The van der Waals surface area contributed by atoms with E-state index in [4.69, 9.17) is 4.99 Å². The van der Waals surface area contributed by atoms with Gasteiger partial charge in [-0.2, -0.15) is 0 Å². The molecule has 1 atom stereocenters. The van der Waals surface area contributed by atoms with Crippen LogP contribution in [0.3, 0.4) is 0 Å². The maximum absolute atomic E-state index is 10.0. The maximum atomic E-state index is 10.0. The van der Waals surface area contributed by atoms with E-state index in [0.29, 0.717) is 0 Å². The fourth-order valence-electron chi connectivity index (χ4n) is 3.10. The number of nitrogens with zero attached hydrogens (tertiary/aromatic N) is 3. The average Bonchev–Trinajstić information content (AvgIpc) is 3.07. The summed E-state index contributed by atoms with van der Waals surface area (Å²) in [6.07, 6.45) is 7.60. The lowest BCUT2D eigenvalue weighted by Crippen LogP contribution is -2.29. The predicted octanol–water partition coefficient (Wildman–Crippen LogP) is 4.28. The zero-order chi connectivity index (χ0) is 17.2. The number of pyridine rings is 1. The molecule has 24 heavy (non-hydrogen) atoms. The van der Waals surface area contributed by atoms with Gasteiger partial charge in [0.05, 0.1) is 5.69 Å². The summed E-state index contributed by atoms with van der Waals surface area (Å²) in [5.41, 5.74) is 2.19. The van der Waals surface area contributed by atoms with Gasteiger partial charge in [-0.25, -0.2) is 0 Å². The van der Waals surface area contributed by atoms with Crippen molar-refractivity contribution >= 4 is 27.8 Å².